The first-order valence-corrected chi connectivity index (χ1v) is 5.48. The second-order valence-corrected chi connectivity index (χ2v) is 4.54. The first-order valence-electron chi connectivity index (χ1n) is 5.10. The number of benzene rings is 1. The summed E-state index contributed by atoms with van der Waals surface area (Å²) >= 11 is 5.49. The Bertz CT molecular complexity index is 369. The molecule has 0 atom stereocenters. The van der Waals surface area contributed by atoms with E-state index in [1.807, 2.05) is 30.3 Å². The van der Waals surface area contributed by atoms with Crippen LogP contribution in [-0.2, 0) is 14.3 Å². The SMILES string of the molecule is CC1(C(=O)Cl)COC(c2ccccc2)OC1. The second kappa shape index (κ2) is 4.53. The van der Waals surface area contributed by atoms with Gasteiger partial charge in [0.1, 0.15) is 0 Å². The molecule has 0 saturated carbocycles. The van der Waals surface area contributed by atoms with Crippen LogP contribution in [0.3, 0.4) is 0 Å². The first kappa shape index (κ1) is 11.6. The zero-order valence-electron chi connectivity index (χ0n) is 8.98. The van der Waals surface area contributed by atoms with E-state index in [-0.39, 0.29) is 13.2 Å². The van der Waals surface area contributed by atoms with Crippen LogP contribution in [0.1, 0.15) is 18.8 Å². The Morgan fingerprint density at radius 1 is 1.31 bits per heavy atom. The number of hydrogen-bond acceptors (Lipinski definition) is 3. The van der Waals surface area contributed by atoms with Crippen LogP contribution in [0.4, 0.5) is 0 Å². The summed E-state index contributed by atoms with van der Waals surface area (Å²) in [5, 5.41) is -0.418. The van der Waals surface area contributed by atoms with Gasteiger partial charge in [0, 0.05) is 5.56 Å². The van der Waals surface area contributed by atoms with E-state index in [0.29, 0.717) is 0 Å². The van der Waals surface area contributed by atoms with Crippen molar-refractivity contribution in [3.8, 4) is 0 Å². The van der Waals surface area contributed by atoms with Gasteiger partial charge in [-0.25, -0.2) is 0 Å². The van der Waals surface area contributed by atoms with Crippen molar-refractivity contribution < 1.29 is 14.3 Å². The topological polar surface area (TPSA) is 35.5 Å². The van der Waals surface area contributed by atoms with E-state index >= 15 is 0 Å². The molecule has 0 amide bonds. The number of halogens is 1. The van der Waals surface area contributed by atoms with E-state index in [9.17, 15) is 4.79 Å². The average molecular weight is 241 g/mol. The van der Waals surface area contributed by atoms with Crippen LogP contribution in [0.15, 0.2) is 30.3 Å². The van der Waals surface area contributed by atoms with Gasteiger partial charge >= 0.3 is 0 Å². The summed E-state index contributed by atoms with van der Waals surface area (Å²) in [6, 6.07) is 9.62. The molecule has 1 aliphatic rings. The Kier molecular flexibility index (Phi) is 3.28. The van der Waals surface area contributed by atoms with Crippen LogP contribution in [-0.4, -0.2) is 18.5 Å². The third-order valence-corrected chi connectivity index (χ3v) is 3.11. The highest BCUT2D eigenvalue weighted by molar-refractivity contribution is 6.64. The lowest BCUT2D eigenvalue weighted by atomic mass is 9.94. The maximum absolute atomic E-state index is 11.2. The van der Waals surface area contributed by atoms with Gasteiger partial charge in [0.25, 0.3) is 0 Å². The predicted molar refractivity (Wildman–Crippen MR) is 60.1 cm³/mol. The molecule has 1 aliphatic heterocycles. The molecule has 1 aromatic rings. The van der Waals surface area contributed by atoms with E-state index in [0.717, 1.165) is 5.56 Å². The third-order valence-electron chi connectivity index (χ3n) is 2.65. The molecule has 0 spiro atoms. The van der Waals surface area contributed by atoms with Crippen molar-refractivity contribution >= 4 is 16.8 Å². The molecule has 0 radical (unpaired) electrons. The molecule has 1 fully saturated rings. The monoisotopic (exact) mass is 240 g/mol. The van der Waals surface area contributed by atoms with E-state index < -0.39 is 16.9 Å². The summed E-state index contributed by atoms with van der Waals surface area (Å²) in [5.74, 6) is 0. The summed E-state index contributed by atoms with van der Waals surface area (Å²) in [6.07, 6.45) is -0.398. The Balaban J connectivity index is 2.03. The third kappa shape index (κ3) is 2.26. The smallest absolute Gasteiger partial charge is 0.232 e. The Morgan fingerprint density at radius 2 is 1.88 bits per heavy atom. The fourth-order valence-corrected chi connectivity index (χ4v) is 1.63. The van der Waals surface area contributed by atoms with Gasteiger partial charge in [0.05, 0.1) is 18.6 Å². The molecule has 0 N–H and O–H groups in total. The van der Waals surface area contributed by atoms with Crippen LogP contribution in [0.25, 0.3) is 0 Å². The fraction of sp³-hybridized carbons (Fsp3) is 0.417. The Labute approximate surface area is 99.3 Å². The van der Waals surface area contributed by atoms with Crippen LogP contribution >= 0.6 is 11.6 Å². The maximum Gasteiger partial charge on any atom is 0.232 e. The molecule has 1 aromatic carbocycles. The number of ether oxygens (including phenoxy) is 2. The lowest BCUT2D eigenvalue weighted by Crippen LogP contribution is -2.40. The zero-order chi connectivity index (χ0) is 11.6. The highest BCUT2D eigenvalue weighted by Crippen LogP contribution is 2.32. The van der Waals surface area contributed by atoms with Gasteiger partial charge in [-0.1, -0.05) is 30.3 Å². The molecular formula is C12H13ClO3. The van der Waals surface area contributed by atoms with E-state index in [1.165, 1.54) is 0 Å². The molecule has 4 heteroatoms. The van der Waals surface area contributed by atoms with Crippen molar-refractivity contribution in [2.24, 2.45) is 5.41 Å². The minimum absolute atomic E-state index is 0.287. The average Bonchev–Trinajstić information content (AvgIpc) is 2.31. The zero-order valence-corrected chi connectivity index (χ0v) is 9.74. The van der Waals surface area contributed by atoms with Crippen molar-refractivity contribution in [1.82, 2.24) is 0 Å². The predicted octanol–water partition coefficient (Wildman–Crippen LogP) is 2.50. The summed E-state index contributed by atoms with van der Waals surface area (Å²) in [5.41, 5.74) is 0.221. The number of carbonyl (C=O) groups excluding carboxylic acids is 1. The molecule has 0 aliphatic carbocycles. The molecule has 2 rings (SSSR count). The van der Waals surface area contributed by atoms with E-state index in [2.05, 4.69) is 0 Å². The van der Waals surface area contributed by atoms with Gasteiger partial charge in [0.15, 0.2) is 6.29 Å². The Hall–Kier alpha value is -0.900. The fourth-order valence-electron chi connectivity index (χ4n) is 1.53. The molecular weight excluding hydrogens is 228 g/mol. The molecule has 0 bridgehead atoms. The van der Waals surface area contributed by atoms with Crippen LogP contribution in [0, 0.1) is 5.41 Å². The largest absolute Gasteiger partial charge is 0.347 e. The van der Waals surface area contributed by atoms with E-state index in [4.69, 9.17) is 21.1 Å². The normalized spacial score (nSPS) is 30.0. The molecule has 16 heavy (non-hydrogen) atoms. The summed E-state index contributed by atoms with van der Waals surface area (Å²) < 4.78 is 11.0. The Morgan fingerprint density at radius 3 is 2.38 bits per heavy atom. The molecule has 0 aromatic heterocycles. The molecule has 1 heterocycles. The van der Waals surface area contributed by atoms with Crippen molar-refractivity contribution in [2.45, 2.75) is 13.2 Å². The number of rotatable bonds is 2. The minimum Gasteiger partial charge on any atom is -0.347 e. The van der Waals surface area contributed by atoms with Gasteiger partial charge in [-0.15, -0.1) is 0 Å². The van der Waals surface area contributed by atoms with Crippen molar-refractivity contribution in [1.29, 1.82) is 0 Å². The van der Waals surface area contributed by atoms with Gasteiger partial charge in [-0.2, -0.15) is 0 Å². The van der Waals surface area contributed by atoms with Crippen LogP contribution in [0.5, 0.6) is 0 Å². The number of hydrogen-bond donors (Lipinski definition) is 0. The van der Waals surface area contributed by atoms with Crippen LogP contribution in [0.2, 0.25) is 0 Å². The first-order chi connectivity index (χ1) is 7.62. The van der Waals surface area contributed by atoms with Gasteiger partial charge < -0.3 is 9.47 Å². The minimum atomic E-state index is -0.729. The highest BCUT2D eigenvalue weighted by Gasteiger charge is 2.38. The van der Waals surface area contributed by atoms with Gasteiger partial charge in [-0.3, -0.25) is 4.79 Å². The van der Waals surface area contributed by atoms with Crippen molar-refractivity contribution in [3.05, 3.63) is 35.9 Å². The number of carbonyl (C=O) groups is 1. The lowest BCUT2D eigenvalue weighted by molar-refractivity contribution is -0.224. The van der Waals surface area contributed by atoms with E-state index in [1.54, 1.807) is 6.92 Å². The van der Waals surface area contributed by atoms with Gasteiger partial charge in [0.2, 0.25) is 5.24 Å². The van der Waals surface area contributed by atoms with Crippen LogP contribution < -0.4 is 0 Å². The summed E-state index contributed by atoms with van der Waals surface area (Å²) in [6.45, 7) is 2.31. The highest BCUT2D eigenvalue weighted by atomic mass is 35.5. The van der Waals surface area contributed by atoms with Crippen molar-refractivity contribution in [3.63, 3.8) is 0 Å². The quantitative estimate of drug-likeness (QED) is 0.745. The standard InChI is InChI=1S/C12H13ClO3/c1-12(11(13)14)7-15-10(16-8-12)9-5-3-2-4-6-9/h2-6,10H,7-8H2,1H3. The molecule has 1 saturated heterocycles. The maximum atomic E-state index is 11.2. The second-order valence-electron chi connectivity index (χ2n) is 4.20. The molecule has 86 valence electrons. The summed E-state index contributed by atoms with van der Waals surface area (Å²) in [4.78, 5) is 11.2. The molecule has 0 unspecified atom stereocenters. The summed E-state index contributed by atoms with van der Waals surface area (Å²) in [7, 11) is 0. The molecule has 3 nitrogen and oxygen atoms in total. The van der Waals surface area contributed by atoms with Crippen molar-refractivity contribution in [2.75, 3.05) is 13.2 Å². The lowest BCUT2D eigenvalue weighted by Gasteiger charge is -2.34. The van der Waals surface area contributed by atoms with Gasteiger partial charge in [-0.05, 0) is 18.5 Å².